The molecule has 0 aliphatic rings. The van der Waals surface area contributed by atoms with Crippen molar-refractivity contribution in [2.75, 3.05) is 11.9 Å². The molecule has 0 fully saturated rings. The number of carbonyl (C=O) groups excluding carboxylic acids is 1. The topological polar surface area (TPSA) is 88.5 Å². The summed E-state index contributed by atoms with van der Waals surface area (Å²) in [5, 5.41) is 12.6. The summed E-state index contributed by atoms with van der Waals surface area (Å²) >= 11 is 0. The van der Waals surface area contributed by atoms with E-state index < -0.39 is 11.9 Å². The molecule has 6 nitrogen and oxygen atoms in total. The number of carboxylic acid groups (broad SMARTS) is 1. The molecular weight excluding hydrogens is 284 g/mol. The third kappa shape index (κ3) is 3.60. The number of hydrogen-bond donors (Lipinski definition) is 2. The van der Waals surface area contributed by atoms with Crippen LogP contribution in [0.1, 0.15) is 12.5 Å². The summed E-state index contributed by atoms with van der Waals surface area (Å²) in [5.41, 5.74) is 2.01. The van der Waals surface area contributed by atoms with Gasteiger partial charge < -0.3 is 15.2 Å². The van der Waals surface area contributed by atoms with Crippen molar-refractivity contribution in [2.45, 2.75) is 13.8 Å². The molecule has 2 N–H and O–H groups in total. The SMILES string of the molecule is CCOC(=O)C(=CC(=O)O)Nc1cc(C)cc2cccnc12. The molecule has 1 aromatic heterocycles. The Hall–Kier alpha value is -2.89. The number of aromatic nitrogens is 1. The zero-order valence-corrected chi connectivity index (χ0v) is 12.3. The Kier molecular flexibility index (Phi) is 4.73. The number of nitrogens with one attached hydrogen (secondary N) is 1. The molecule has 0 aliphatic heterocycles. The minimum absolute atomic E-state index is 0.146. The lowest BCUT2D eigenvalue weighted by molar-refractivity contribution is -0.139. The van der Waals surface area contributed by atoms with Crippen molar-refractivity contribution in [3.8, 4) is 0 Å². The second-order valence-electron chi connectivity index (χ2n) is 4.63. The van der Waals surface area contributed by atoms with Gasteiger partial charge in [-0.1, -0.05) is 6.07 Å². The van der Waals surface area contributed by atoms with Gasteiger partial charge in [0.1, 0.15) is 5.70 Å². The van der Waals surface area contributed by atoms with Crippen LogP contribution in [0, 0.1) is 6.92 Å². The molecular formula is C16H16N2O4. The fraction of sp³-hybridized carbons (Fsp3) is 0.188. The molecule has 0 atom stereocenters. The smallest absolute Gasteiger partial charge is 0.355 e. The lowest BCUT2D eigenvalue weighted by atomic mass is 10.1. The summed E-state index contributed by atoms with van der Waals surface area (Å²) in [6.45, 7) is 3.72. The summed E-state index contributed by atoms with van der Waals surface area (Å²) in [6, 6.07) is 7.46. The van der Waals surface area contributed by atoms with Crippen molar-refractivity contribution in [1.82, 2.24) is 4.98 Å². The number of carboxylic acids is 1. The lowest BCUT2D eigenvalue weighted by Gasteiger charge is -2.12. The van der Waals surface area contributed by atoms with Gasteiger partial charge in [-0.25, -0.2) is 9.59 Å². The highest BCUT2D eigenvalue weighted by atomic mass is 16.5. The molecule has 0 unspecified atom stereocenters. The molecule has 1 aromatic carbocycles. The van der Waals surface area contributed by atoms with Gasteiger partial charge in [0.25, 0.3) is 0 Å². The maximum atomic E-state index is 11.9. The average Bonchev–Trinajstić information content (AvgIpc) is 2.46. The van der Waals surface area contributed by atoms with E-state index in [2.05, 4.69) is 10.3 Å². The third-order valence-corrected chi connectivity index (χ3v) is 2.88. The zero-order chi connectivity index (χ0) is 16.1. The van der Waals surface area contributed by atoms with Crippen LogP contribution in [0.25, 0.3) is 10.9 Å². The molecule has 22 heavy (non-hydrogen) atoms. The van der Waals surface area contributed by atoms with E-state index in [4.69, 9.17) is 9.84 Å². The van der Waals surface area contributed by atoms with Crippen molar-refractivity contribution in [3.05, 3.63) is 47.8 Å². The normalized spacial score (nSPS) is 11.3. The van der Waals surface area contributed by atoms with Crippen LogP contribution in [0.3, 0.4) is 0 Å². The molecule has 0 bridgehead atoms. The Morgan fingerprint density at radius 1 is 1.41 bits per heavy atom. The summed E-state index contributed by atoms with van der Waals surface area (Å²) in [7, 11) is 0. The number of carbonyl (C=O) groups is 2. The third-order valence-electron chi connectivity index (χ3n) is 2.88. The molecule has 114 valence electrons. The average molecular weight is 300 g/mol. The summed E-state index contributed by atoms with van der Waals surface area (Å²) in [6.07, 6.45) is 2.42. The molecule has 0 aliphatic carbocycles. The number of aliphatic carboxylic acids is 1. The molecule has 2 aromatic rings. The maximum absolute atomic E-state index is 11.9. The van der Waals surface area contributed by atoms with Crippen LogP contribution < -0.4 is 5.32 Å². The number of rotatable bonds is 5. The molecule has 0 saturated carbocycles. The first kappa shape index (κ1) is 15.5. The van der Waals surface area contributed by atoms with Crippen LogP contribution >= 0.6 is 0 Å². The van der Waals surface area contributed by atoms with E-state index in [0.29, 0.717) is 11.2 Å². The van der Waals surface area contributed by atoms with E-state index in [1.54, 1.807) is 19.2 Å². The lowest BCUT2D eigenvalue weighted by Crippen LogP contribution is -2.16. The number of ether oxygens (including phenoxy) is 1. The number of esters is 1. The van der Waals surface area contributed by atoms with Crippen molar-refractivity contribution in [1.29, 1.82) is 0 Å². The van der Waals surface area contributed by atoms with Crippen LogP contribution in [0.4, 0.5) is 5.69 Å². The molecule has 0 spiro atoms. The van der Waals surface area contributed by atoms with Gasteiger partial charge in [-0.05, 0) is 37.6 Å². The van der Waals surface area contributed by atoms with E-state index in [1.807, 2.05) is 25.1 Å². The van der Waals surface area contributed by atoms with E-state index in [1.165, 1.54) is 0 Å². The van der Waals surface area contributed by atoms with Gasteiger partial charge in [0.15, 0.2) is 0 Å². The van der Waals surface area contributed by atoms with Crippen LogP contribution in [0.2, 0.25) is 0 Å². The summed E-state index contributed by atoms with van der Waals surface area (Å²) in [4.78, 5) is 27.0. The zero-order valence-electron chi connectivity index (χ0n) is 12.3. The monoisotopic (exact) mass is 300 g/mol. The Balaban J connectivity index is 2.46. The van der Waals surface area contributed by atoms with Crippen molar-refractivity contribution < 1.29 is 19.4 Å². The highest BCUT2D eigenvalue weighted by Crippen LogP contribution is 2.24. The molecule has 1 heterocycles. The fourth-order valence-corrected chi connectivity index (χ4v) is 2.06. The fourth-order valence-electron chi connectivity index (χ4n) is 2.06. The maximum Gasteiger partial charge on any atom is 0.355 e. The quantitative estimate of drug-likeness (QED) is 0.651. The second kappa shape index (κ2) is 6.71. The van der Waals surface area contributed by atoms with Gasteiger partial charge in [-0.3, -0.25) is 4.98 Å². The van der Waals surface area contributed by atoms with Gasteiger partial charge in [0.05, 0.1) is 23.9 Å². The minimum Gasteiger partial charge on any atom is -0.478 e. The van der Waals surface area contributed by atoms with Gasteiger partial charge in [-0.2, -0.15) is 0 Å². The van der Waals surface area contributed by atoms with Gasteiger partial charge in [0.2, 0.25) is 0 Å². The number of pyridine rings is 1. The van der Waals surface area contributed by atoms with Crippen molar-refractivity contribution in [2.24, 2.45) is 0 Å². The van der Waals surface area contributed by atoms with Crippen LogP contribution in [0.15, 0.2) is 42.2 Å². The van der Waals surface area contributed by atoms with Gasteiger partial charge in [-0.15, -0.1) is 0 Å². The number of nitrogens with zero attached hydrogens (tertiary/aromatic N) is 1. The number of anilines is 1. The van der Waals surface area contributed by atoms with E-state index in [9.17, 15) is 9.59 Å². The highest BCUT2D eigenvalue weighted by Gasteiger charge is 2.15. The predicted octanol–water partition coefficient (Wildman–Crippen LogP) is 2.49. The molecule has 6 heteroatoms. The van der Waals surface area contributed by atoms with Crippen molar-refractivity contribution >= 4 is 28.5 Å². The highest BCUT2D eigenvalue weighted by molar-refractivity contribution is 6.01. The number of fused-ring (bicyclic) bond motifs is 1. The first-order chi connectivity index (χ1) is 10.5. The second-order valence-corrected chi connectivity index (χ2v) is 4.63. The Morgan fingerprint density at radius 3 is 2.86 bits per heavy atom. The first-order valence-electron chi connectivity index (χ1n) is 6.75. The van der Waals surface area contributed by atoms with E-state index in [-0.39, 0.29) is 12.3 Å². The van der Waals surface area contributed by atoms with Gasteiger partial charge in [0, 0.05) is 11.6 Å². The predicted molar refractivity (Wildman–Crippen MR) is 82.5 cm³/mol. The van der Waals surface area contributed by atoms with E-state index >= 15 is 0 Å². The van der Waals surface area contributed by atoms with Crippen LogP contribution in [0.5, 0.6) is 0 Å². The molecule has 0 saturated heterocycles. The minimum atomic E-state index is -1.24. The van der Waals surface area contributed by atoms with Gasteiger partial charge >= 0.3 is 11.9 Å². The first-order valence-corrected chi connectivity index (χ1v) is 6.75. The Bertz CT molecular complexity index is 753. The Morgan fingerprint density at radius 2 is 2.18 bits per heavy atom. The molecule has 0 amide bonds. The number of benzene rings is 1. The standard InChI is InChI=1S/C16H16N2O4/c1-3-22-16(21)13(9-14(19)20)18-12-8-10(2)7-11-5-4-6-17-15(11)12/h4-9,18H,3H2,1-2H3,(H,19,20). The summed E-state index contributed by atoms with van der Waals surface area (Å²) in [5.74, 6) is -1.96. The number of aryl methyl sites for hydroxylation is 1. The van der Waals surface area contributed by atoms with E-state index in [0.717, 1.165) is 17.0 Å². The number of hydrogen-bond acceptors (Lipinski definition) is 5. The molecule has 2 rings (SSSR count). The van der Waals surface area contributed by atoms with Crippen LogP contribution in [-0.4, -0.2) is 28.6 Å². The Labute approximate surface area is 127 Å². The largest absolute Gasteiger partial charge is 0.478 e. The van der Waals surface area contributed by atoms with Crippen molar-refractivity contribution in [3.63, 3.8) is 0 Å². The molecule has 0 radical (unpaired) electrons. The van der Waals surface area contributed by atoms with Crippen LogP contribution in [-0.2, 0) is 14.3 Å². The summed E-state index contributed by atoms with van der Waals surface area (Å²) < 4.78 is 4.87.